The normalized spacial score (nSPS) is 10.0. The third-order valence-corrected chi connectivity index (χ3v) is 2.54. The van der Waals surface area contributed by atoms with Crippen molar-refractivity contribution in [3.63, 3.8) is 0 Å². The van der Waals surface area contributed by atoms with Crippen LogP contribution in [0.25, 0.3) is 0 Å². The molecule has 2 rings (SSSR count). The summed E-state index contributed by atoms with van der Waals surface area (Å²) in [5.74, 6) is -0.878. The Kier molecular flexibility index (Phi) is 3.90. The van der Waals surface area contributed by atoms with E-state index in [1.165, 1.54) is 24.5 Å². The number of rotatable bonds is 5. The smallest absolute Gasteiger partial charge is 0.337 e. The van der Waals surface area contributed by atoms with Gasteiger partial charge in [-0.05, 0) is 12.1 Å². The second kappa shape index (κ2) is 5.79. The fraction of sp³-hybridized carbons (Fsp3) is 0.0769. The van der Waals surface area contributed by atoms with Gasteiger partial charge in [0.25, 0.3) is 5.69 Å². The highest BCUT2D eigenvalue weighted by molar-refractivity contribution is 5.87. The molecule has 0 fully saturated rings. The van der Waals surface area contributed by atoms with Gasteiger partial charge in [0.2, 0.25) is 0 Å². The van der Waals surface area contributed by atoms with Gasteiger partial charge >= 0.3 is 5.97 Å². The summed E-state index contributed by atoms with van der Waals surface area (Å²) in [4.78, 5) is 24.9. The molecule has 1 heterocycles. The molecule has 0 atom stereocenters. The molecule has 7 heteroatoms. The van der Waals surface area contributed by atoms with Gasteiger partial charge < -0.3 is 9.84 Å². The zero-order valence-corrected chi connectivity index (χ0v) is 10.2. The minimum atomic E-state index is -1.12. The average Bonchev–Trinajstić information content (AvgIpc) is 2.45. The number of aromatic carboxylic acids is 1. The van der Waals surface area contributed by atoms with E-state index in [2.05, 4.69) is 4.98 Å². The number of benzene rings is 1. The molecule has 0 radical (unpaired) electrons. The van der Waals surface area contributed by atoms with Gasteiger partial charge in [-0.15, -0.1) is 0 Å². The van der Waals surface area contributed by atoms with E-state index in [4.69, 9.17) is 9.84 Å². The highest BCUT2D eigenvalue weighted by Crippen LogP contribution is 2.20. The summed E-state index contributed by atoms with van der Waals surface area (Å²) in [6, 6.07) is 7.49. The van der Waals surface area contributed by atoms with Crippen LogP contribution in [0, 0.1) is 10.1 Å². The molecular weight excluding hydrogens is 264 g/mol. The van der Waals surface area contributed by atoms with Crippen LogP contribution in [0.15, 0.2) is 42.7 Å². The van der Waals surface area contributed by atoms with E-state index < -0.39 is 10.9 Å². The molecule has 0 spiro atoms. The lowest BCUT2D eigenvalue weighted by Crippen LogP contribution is -2.02. The number of pyridine rings is 1. The molecular formula is C13H10N2O5. The molecule has 102 valence electrons. The first-order chi connectivity index (χ1) is 9.58. The number of carbonyl (C=O) groups is 1. The summed E-state index contributed by atoms with van der Waals surface area (Å²) in [5, 5.41) is 19.7. The number of carboxylic acids is 1. The average molecular weight is 274 g/mol. The Morgan fingerprint density at radius 1 is 1.35 bits per heavy atom. The predicted octanol–water partition coefficient (Wildman–Crippen LogP) is 2.27. The summed E-state index contributed by atoms with van der Waals surface area (Å²) < 4.78 is 5.34. The minimum absolute atomic E-state index is 0.00920. The first-order valence-electron chi connectivity index (χ1n) is 5.61. The number of nitro benzene ring substituents is 1. The van der Waals surface area contributed by atoms with Gasteiger partial charge in [-0.25, -0.2) is 4.79 Å². The van der Waals surface area contributed by atoms with Crippen molar-refractivity contribution < 1.29 is 19.6 Å². The highest BCUT2D eigenvalue weighted by atomic mass is 16.6. The number of ether oxygens (including phenoxy) is 1. The zero-order chi connectivity index (χ0) is 14.5. The Morgan fingerprint density at radius 3 is 2.80 bits per heavy atom. The first-order valence-corrected chi connectivity index (χ1v) is 5.61. The number of hydrogen-bond acceptors (Lipinski definition) is 5. The van der Waals surface area contributed by atoms with Crippen LogP contribution in [0.5, 0.6) is 5.75 Å². The highest BCUT2D eigenvalue weighted by Gasteiger charge is 2.13. The van der Waals surface area contributed by atoms with Crippen LogP contribution in [0.2, 0.25) is 0 Å². The van der Waals surface area contributed by atoms with E-state index in [0.717, 1.165) is 0 Å². The van der Waals surface area contributed by atoms with Gasteiger partial charge in [0.1, 0.15) is 12.4 Å². The molecule has 0 amide bonds. The van der Waals surface area contributed by atoms with Gasteiger partial charge in [0.05, 0.1) is 22.2 Å². The lowest BCUT2D eigenvalue weighted by atomic mass is 10.2. The number of carboxylic acid groups (broad SMARTS) is 1. The van der Waals surface area contributed by atoms with E-state index in [1.54, 1.807) is 18.2 Å². The van der Waals surface area contributed by atoms with E-state index in [9.17, 15) is 14.9 Å². The van der Waals surface area contributed by atoms with E-state index in [0.29, 0.717) is 5.56 Å². The third kappa shape index (κ3) is 3.08. The molecule has 0 aliphatic heterocycles. The maximum absolute atomic E-state index is 10.8. The number of hydrogen-bond donors (Lipinski definition) is 1. The SMILES string of the molecule is O=C(O)c1cncc(OCc2ccccc2[N+](=O)[O-])c1. The van der Waals surface area contributed by atoms with Crippen LogP contribution in [0.3, 0.4) is 0 Å². The van der Waals surface area contributed by atoms with Gasteiger partial charge in [-0.3, -0.25) is 15.1 Å². The number of para-hydroxylation sites is 1. The van der Waals surface area contributed by atoms with E-state index in [1.807, 2.05) is 0 Å². The summed E-state index contributed by atoms with van der Waals surface area (Å²) in [6.45, 7) is -0.0398. The number of nitrogens with zero attached hydrogens (tertiary/aromatic N) is 2. The lowest BCUT2D eigenvalue weighted by Gasteiger charge is -2.06. The van der Waals surface area contributed by atoms with Crippen molar-refractivity contribution in [2.24, 2.45) is 0 Å². The molecule has 1 aromatic carbocycles. The van der Waals surface area contributed by atoms with Gasteiger partial charge in [-0.1, -0.05) is 12.1 Å². The lowest BCUT2D eigenvalue weighted by molar-refractivity contribution is -0.385. The summed E-state index contributed by atoms with van der Waals surface area (Å²) in [5.41, 5.74) is 0.345. The fourth-order valence-electron chi connectivity index (χ4n) is 1.59. The topological polar surface area (TPSA) is 103 Å². The Labute approximate surface area is 113 Å². The van der Waals surface area contributed by atoms with Crippen molar-refractivity contribution in [2.75, 3.05) is 0 Å². The predicted molar refractivity (Wildman–Crippen MR) is 68.6 cm³/mol. The van der Waals surface area contributed by atoms with Crippen LogP contribution in [0.4, 0.5) is 5.69 Å². The Balaban J connectivity index is 2.15. The van der Waals surface area contributed by atoms with E-state index >= 15 is 0 Å². The van der Waals surface area contributed by atoms with Gasteiger partial charge in [0, 0.05) is 12.3 Å². The molecule has 0 unspecified atom stereocenters. The molecule has 0 saturated carbocycles. The standard InChI is InChI=1S/C13H10N2O5/c16-13(17)10-5-11(7-14-6-10)20-8-9-3-1-2-4-12(9)15(18)19/h1-7H,8H2,(H,16,17). The molecule has 0 bridgehead atoms. The Morgan fingerprint density at radius 2 is 2.10 bits per heavy atom. The van der Waals surface area contributed by atoms with Crippen LogP contribution in [0.1, 0.15) is 15.9 Å². The zero-order valence-electron chi connectivity index (χ0n) is 10.2. The largest absolute Gasteiger partial charge is 0.487 e. The molecule has 2 aromatic rings. The minimum Gasteiger partial charge on any atom is -0.487 e. The van der Waals surface area contributed by atoms with E-state index in [-0.39, 0.29) is 23.6 Å². The first kappa shape index (κ1) is 13.5. The molecule has 0 aliphatic carbocycles. The van der Waals surface area contributed by atoms with Crippen molar-refractivity contribution in [1.82, 2.24) is 4.98 Å². The van der Waals surface area contributed by atoms with Gasteiger partial charge in [0.15, 0.2) is 0 Å². The molecule has 0 aliphatic rings. The van der Waals surface area contributed by atoms with Crippen molar-refractivity contribution >= 4 is 11.7 Å². The Bertz CT molecular complexity index is 657. The summed E-state index contributed by atoms with van der Waals surface area (Å²) >= 11 is 0. The molecule has 0 saturated heterocycles. The monoisotopic (exact) mass is 274 g/mol. The van der Waals surface area contributed by atoms with Crippen molar-refractivity contribution in [2.45, 2.75) is 6.61 Å². The Hall–Kier alpha value is -2.96. The second-order valence-corrected chi connectivity index (χ2v) is 3.89. The fourth-order valence-corrected chi connectivity index (χ4v) is 1.59. The van der Waals surface area contributed by atoms with Crippen LogP contribution in [-0.4, -0.2) is 21.0 Å². The maximum Gasteiger partial charge on any atom is 0.337 e. The molecule has 20 heavy (non-hydrogen) atoms. The van der Waals surface area contributed by atoms with Crippen LogP contribution < -0.4 is 4.74 Å². The maximum atomic E-state index is 10.8. The quantitative estimate of drug-likeness (QED) is 0.662. The molecule has 1 aromatic heterocycles. The summed E-state index contributed by atoms with van der Waals surface area (Å²) in [6.07, 6.45) is 2.54. The van der Waals surface area contributed by atoms with Crippen molar-refractivity contribution in [3.05, 3.63) is 64.0 Å². The number of aromatic nitrogens is 1. The van der Waals surface area contributed by atoms with Crippen molar-refractivity contribution in [1.29, 1.82) is 0 Å². The summed E-state index contributed by atoms with van der Waals surface area (Å²) in [7, 11) is 0. The second-order valence-electron chi connectivity index (χ2n) is 3.89. The number of nitro groups is 1. The van der Waals surface area contributed by atoms with Crippen LogP contribution >= 0.6 is 0 Å². The van der Waals surface area contributed by atoms with Crippen molar-refractivity contribution in [3.8, 4) is 5.75 Å². The van der Waals surface area contributed by atoms with Gasteiger partial charge in [-0.2, -0.15) is 0 Å². The molecule has 7 nitrogen and oxygen atoms in total. The third-order valence-electron chi connectivity index (χ3n) is 2.54. The molecule has 1 N–H and O–H groups in total. The van der Waals surface area contributed by atoms with Crippen LogP contribution in [-0.2, 0) is 6.61 Å².